The van der Waals surface area contributed by atoms with Crippen LogP contribution in [0.3, 0.4) is 0 Å². The van der Waals surface area contributed by atoms with Crippen LogP contribution in [0.1, 0.15) is 70.5 Å². The van der Waals surface area contributed by atoms with Crippen LogP contribution in [-0.2, 0) is 14.3 Å². The average molecular weight is 478 g/mol. The van der Waals surface area contributed by atoms with Gasteiger partial charge in [-0.25, -0.2) is 4.98 Å². The fourth-order valence-electron chi connectivity index (χ4n) is 4.29. The van der Waals surface area contributed by atoms with Crippen LogP contribution in [0.4, 0.5) is 0 Å². The molecule has 2 heterocycles. The number of aromatic nitrogens is 1. The molecule has 0 aromatic carbocycles. The Kier molecular flexibility index (Phi) is 10.9. The second kappa shape index (κ2) is 13.2. The summed E-state index contributed by atoms with van der Waals surface area (Å²) < 4.78 is 5.82. The summed E-state index contributed by atoms with van der Waals surface area (Å²) in [6, 6.07) is 0. The first-order valence-electron chi connectivity index (χ1n) is 11.9. The van der Waals surface area contributed by atoms with Gasteiger partial charge in [0.2, 0.25) is 0 Å². The summed E-state index contributed by atoms with van der Waals surface area (Å²) >= 11 is 1.57. The van der Waals surface area contributed by atoms with Crippen molar-refractivity contribution in [3.63, 3.8) is 0 Å². The molecule has 6 atom stereocenters. The quantitative estimate of drug-likeness (QED) is 0.482. The average Bonchev–Trinajstić information content (AvgIpc) is 3.20. The van der Waals surface area contributed by atoms with Crippen molar-refractivity contribution >= 4 is 29.2 Å². The number of carbonyl (C=O) groups is 2. The number of aliphatic hydroxyl groups is 2. The predicted octanol–water partition coefficient (Wildman–Crippen LogP) is 4.73. The van der Waals surface area contributed by atoms with Crippen molar-refractivity contribution in [2.75, 3.05) is 6.61 Å². The van der Waals surface area contributed by atoms with Crippen LogP contribution < -0.4 is 0 Å². The van der Waals surface area contributed by atoms with E-state index in [0.29, 0.717) is 6.42 Å². The van der Waals surface area contributed by atoms with Crippen molar-refractivity contribution in [1.82, 2.24) is 4.98 Å². The molecule has 33 heavy (non-hydrogen) atoms. The minimum absolute atomic E-state index is 0.00510. The number of ketones is 1. The second-order valence-electron chi connectivity index (χ2n) is 9.39. The first-order valence-corrected chi connectivity index (χ1v) is 12.8. The number of aryl methyl sites for hydroxylation is 1. The van der Waals surface area contributed by atoms with E-state index in [1.54, 1.807) is 25.2 Å². The van der Waals surface area contributed by atoms with Gasteiger partial charge >= 0.3 is 5.97 Å². The summed E-state index contributed by atoms with van der Waals surface area (Å²) in [4.78, 5) is 30.3. The molecular formula is C26H39NO5S. The number of carbonyl (C=O) groups excluding carboxylic acids is 2. The molecule has 2 N–H and O–H groups in total. The maximum atomic E-state index is 13.0. The molecule has 2 unspecified atom stereocenters. The van der Waals surface area contributed by atoms with Gasteiger partial charge in [-0.2, -0.15) is 0 Å². The van der Waals surface area contributed by atoms with Crippen molar-refractivity contribution in [2.45, 2.75) is 78.9 Å². The van der Waals surface area contributed by atoms with Gasteiger partial charge < -0.3 is 14.9 Å². The van der Waals surface area contributed by atoms with Crippen LogP contribution in [0.15, 0.2) is 23.1 Å². The van der Waals surface area contributed by atoms with Gasteiger partial charge in [0.1, 0.15) is 11.9 Å². The number of ether oxygens (including phenoxy) is 1. The molecule has 0 saturated carbocycles. The Balaban J connectivity index is 2.26. The number of aliphatic hydroxyl groups excluding tert-OH is 2. The van der Waals surface area contributed by atoms with E-state index in [2.05, 4.69) is 11.1 Å². The van der Waals surface area contributed by atoms with Crippen molar-refractivity contribution in [2.24, 2.45) is 23.7 Å². The Labute approximate surface area is 201 Å². The normalized spacial score (nSPS) is 32.4. The lowest BCUT2D eigenvalue weighted by Crippen LogP contribution is -2.38. The van der Waals surface area contributed by atoms with Crippen LogP contribution in [0.2, 0.25) is 0 Å². The lowest BCUT2D eigenvalue weighted by atomic mass is 9.78. The molecule has 1 aromatic heterocycles. The molecule has 1 aromatic rings. The molecule has 0 amide bonds. The largest absolute Gasteiger partial charge is 0.457 e. The lowest BCUT2D eigenvalue weighted by Gasteiger charge is -2.29. The number of Topliss-reactive ketones (excluding diaryl/α,β-unsaturated/α-hetero) is 1. The van der Waals surface area contributed by atoms with Gasteiger partial charge in [-0.05, 0) is 50.7 Å². The number of hydrogen-bond donors (Lipinski definition) is 2. The Morgan fingerprint density at radius 2 is 1.97 bits per heavy atom. The highest BCUT2D eigenvalue weighted by Crippen LogP contribution is 2.27. The predicted molar refractivity (Wildman–Crippen MR) is 132 cm³/mol. The highest BCUT2D eigenvalue weighted by Gasteiger charge is 2.34. The van der Waals surface area contributed by atoms with Crippen molar-refractivity contribution in [1.29, 1.82) is 0 Å². The smallest absolute Gasteiger partial charge is 0.306 e. The van der Waals surface area contributed by atoms with Gasteiger partial charge in [-0.3, -0.25) is 9.59 Å². The van der Waals surface area contributed by atoms with Gasteiger partial charge in [0.15, 0.2) is 0 Å². The SMILES string of the molecule is C/C(=C\c1csc(C)n1)[C@@H]1C/C=C\CCCC(C)[C@H](O)[C@@H](C)C(=O)[C@H](C)C(CO)CC(=O)O1. The van der Waals surface area contributed by atoms with E-state index in [9.17, 15) is 19.8 Å². The van der Waals surface area contributed by atoms with Crippen LogP contribution in [-0.4, -0.2) is 45.8 Å². The van der Waals surface area contributed by atoms with Gasteiger partial charge in [0.05, 0.1) is 23.2 Å². The highest BCUT2D eigenvalue weighted by atomic mass is 32.1. The molecule has 0 fully saturated rings. The van der Waals surface area contributed by atoms with E-state index in [-0.39, 0.29) is 24.7 Å². The molecule has 7 heteroatoms. The van der Waals surface area contributed by atoms with E-state index in [4.69, 9.17) is 4.74 Å². The Bertz CT molecular complexity index is 845. The Morgan fingerprint density at radius 3 is 2.61 bits per heavy atom. The Morgan fingerprint density at radius 1 is 1.24 bits per heavy atom. The summed E-state index contributed by atoms with van der Waals surface area (Å²) in [7, 11) is 0. The molecule has 0 radical (unpaired) electrons. The number of nitrogens with zero attached hydrogens (tertiary/aromatic N) is 1. The molecule has 2 rings (SSSR count). The number of cyclic esters (lactones) is 1. The molecule has 1 aliphatic rings. The molecule has 0 aliphatic carbocycles. The van der Waals surface area contributed by atoms with Crippen LogP contribution in [0.25, 0.3) is 6.08 Å². The third kappa shape index (κ3) is 8.16. The number of rotatable bonds is 3. The van der Waals surface area contributed by atoms with Crippen LogP contribution in [0, 0.1) is 30.6 Å². The highest BCUT2D eigenvalue weighted by molar-refractivity contribution is 7.09. The number of hydrogen-bond acceptors (Lipinski definition) is 7. The number of allylic oxidation sites excluding steroid dienone is 1. The van der Waals surface area contributed by atoms with E-state index in [1.807, 2.05) is 38.3 Å². The second-order valence-corrected chi connectivity index (χ2v) is 10.5. The van der Waals surface area contributed by atoms with E-state index in [0.717, 1.165) is 35.5 Å². The number of esters is 1. The van der Waals surface area contributed by atoms with Crippen molar-refractivity contribution < 1.29 is 24.5 Å². The topological polar surface area (TPSA) is 96.7 Å². The minimum atomic E-state index is -0.741. The van der Waals surface area contributed by atoms with Crippen molar-refractivity contribution in [3.05, 3.63) is 33.8 Å². The zero-order valence-electron chi connectivity index (χ0n) is 20.5. The summed E-state index contributed by atoms with van der Waals surface area (Å²) in [5.74, 6) is -2.23. The monoisotopic (exact) mass is 477 g/mol. The number of thiazole rings is 1. The molecule has 0 spiro atoms. The molecule has 1 aliphatic heterocycles. The maximum absolute atomic E-state index is 13.0. The van der Waals surface area contributed by atoms with E-state index < -0.39 is 35.9 Å². The third-order valence-corrected chi connectivity index (χ3v) is 7.50. The zero-order chi connectivity index (χ0) is 24.5. The van der Waals surface area contributed by atoms with Gasteiger partial charge in [0.25, 0.3) is 0 Å². The zero-order valence-corrected chi connectivity index (χ0v) is 21.3. The molecule has 0 bridgehead atoms. The Hall–Kier alpha value is -1.83. The first-order chi connectivity index (χ1) is 15.6. The molecule has 0 saturated heterocycles. The van der Waals surface area contributed by atoms with Gasteiger partial charge in [-0.15, -0.1) is 11.3 Å². The first kappa shape index (κ1) is 27.4. The molecular weight excluding hydrogens is 438 g/mol. The van der Waals surface area contributed by atoms with Gasteiger partial charge in [0, 0.05) is 36.2 Å². The van der Waals surface area contributed by atoms with Crippen molar-refractivity contribution in [3.8, 4) is 0 Å². The van der Waals surface area contributed by atoms with E-state index in [1.165, 1.54) is 0 Å². The van der Waals surface area contributed by atoms with Crippen LogP contribution in [0.5, 0.6) is 0 Å². The third-order valence-electron chi connectivity index (χ3n) is 6.70. The fraction of sp³-hybridized carbons (Fsp3) is 0.654. The standard InChI is InChI=1S/C26H39NO5S/c1-16-10-8-6-7-9-11-23(17(2)12-22-15-33-20(5)27-22)32-24(29)13-21(14-28)18(3)26(31)19(4)25(16)30/h7,9,12,15-16,18-19,21,23,25,28,30H,6,8,10-11,13-14H2,1-5H3/b9-7-,17-12+/t16?,18-,19-,21?,23+,25+/m1/s1. The van der Waals surface area contributed by atoms with E-state index >= 15 is 0 Å². The van der Waals surface area contributed by atoms with Gasteiger partial charge in [-0.1, -0.05) is 32.9 Å². The summed E-state index contributed by atoms with van der Waals surface area (Å²) in [6.45, 7) is 9.02. The summed E-state index contributed by atoms with van der Waals surface area (Å²) in [5.41, 5.74) is 1.74. The molecule has 184 valence electrons. The van der Waals surface area contributed by atoms with Crippen LogP contribution >= 0.6 is 11.3 Å². The lowest BCUT2D eigenvalue weighted by molar-refractivity contribution is -0.149. The fourth-order valence-corrected chi connectivity index (χ4v) is 4.86. The summed E-state index contributed by atoms with van der Waals surface area (Å²) in [6.07, 6.45) is 7.96. The molecule has 6 nitrogen and oxygen atoms in total. The summed E-state index contributed by atoms with van der Waals surface area (Å²) in [5, 5.41) is 23.5. The maximum Gasteiger partial charge on any atom is 0.306 e. The minimum Gasteiger partial charge on any atom is -0.457 e.